The smallest absolute Gasteiger partial charge is 0.231 e. The van der Waals surface area contributed by atoms with E-state index in [4.69, 9.17) is 11.5 Å². The van der Waals surface area contributed by atoms with Crippen LogP contribution >= 0.6 is 0 Å². The molecule has 106 valence electrons. The molecule has 0 bridgehead atoms. The number of primary amides is 1. The van der Waals surface area contributed by atoms with Gasteiger partial charge in [-0.2, -0.15) is 0 Å². The van der Waals surface area contributed by atoms with Crippen molar-refractivity contribution in [3.63, 3.8) is 0 Å². The first-order valence-corrected chi connectivity index (χ1v) is 6.54. The molecule has 0 saturated carbocycles. The molecule has 0 atom stereocenters. The minimum Gasteiger partial charge on any atom is -0.369 e. The van der Waals surface area contributed by atoms with Crippen LogP contribution in [0, 0.1) is 5.82 Å². The Balaban J connectivity index is 2.78. The number of amides is 1. The number of unbranched alkanes of at least 4 members (excludes halogenated alkanes) is 1. The van der Waals surface area contributed by atoms with Gasteiger partial charge in [0.25, 0.3) is 0 Å². The second-order valence-corrected chi connectivity index (χ2v) is 4.66. The van der Waals surface area contributed by atoms with Crippen molar-refractivity contribution in [3.05, 3.63) is 35.1 Å². The lowest BCUT2D eigenvalue weighted by Crippen LogP contribution is -2.34. The molecule has 0 radical (unpaired) electrons. The molecule has 0 heterocycles. The number of nitrogens with zero attached hydrogens (tertiary/aromatic N) is 1. The summed E-state index contributed by atoms with van der Waals surface area (Å²) in [6.45, 7) is 3.69. The van der Waals surface area contributed by atoms with E-state index in [1.165, 1.54) is 6.07 Å². The minimum atomic E-state index is -0.397. The molecule has 0 aliphatic carbocycles. The first kappa shape index (κ1) is 15.6. The Morgan fingerprint density at radius 1 is 1.42 bits per heavy atom. The summed E-state index contributed by atoms with van der Waals surface area (Å²) in [6.07, 6.45) is 1.96. The summed E-state index contributed by atoms with van der Waals surface area (Å²) < 4.78 is 13.7. The fourth-order valence-corrected chi connectivity index (χ4v) is 1.93. The monoisotopic (exact) mass is 267 g/mol. The van der Waals surface area contributed by atoms with E-state index in [0.717, 1.165) is 24.9 Å². The molecule has 0 aliphatic heterocycles. The molecule has 1 aromatic carbocycles. The lowest BCUT2D eigenvalue weighted by atomic mass is 10.1. The molecule has 1 amide bonds. The fraction of sp³-hybridized carbons (Fsp3) is 0.500. The molecule has 0 unspecified atom stereocenters. The third-order valence-corrected chi connectivity index (χ3v) is 2.95. The summed E-state index contributed by atoms with van der Waals surface area (Å²) in [5, 5.41) is 0. The van der Waals surface area contributed by atoms with Crippen molar-refractivity contribution >= 4 is 5.91 Å². The van der Waals surface area contributed by atoms with Crippen LogP contribution in [0.15, 0.2) is 18.2 Å². The van der Waals surface area contributed by atoms with Crippen LogP contribution in [0.25, 0.3) is 0 Å². The van der Waals surface area contributed by atoms with Crippen LogP contribution < -0.4 is 11.5 Å². The highest BCUT2D eigenvalue weighted by atomic mass is 19.1. The lowest BCUT2D eigenvalue weighted by Gasteiger charge is -2.21. The van der Waals surface area contributed by atoms with Crippen molar-refractivity contribution in [2.75, 3.05) is 13.1 Å². The minimum absolute atomic E-state index is 0.145. The van der Waals surface area contributed by atoms with Crippen molar-refractivity contribution in [1.82, 2.24) is 4.90 Å². The van der Waals surface area contributed by atoms with Gasteiger partial charge in [0.05, 0.1) is 6.54 Å². The third kappa shape index (κ3) is 5.36. The van der Waals surface area contributed by atoms with Crippen LogP contribution in [0.2, 0.25) is 0 Å². The van der Waals surface area contributed by atoms with Gasteiger partial charge in [-0.3, -0.25) is 9.69 Å². The molecular formula is C14H22FN3O. The number of hydrogen-bond acceptors (Lipinski definition) is 3. The zero-order valence-electron chi connectivity index (χ0n) is 11.4. The van der Waals surface area contributed by atoms with Crippen LogP contribution in [0.4, 0.5) is 4.39 Å². The van der Waals surface area contributed by atoms with Gasteiger partial charge in [0.1, 0.15) is 5.82 Å². The summed E-state index contributed by atoms with van der Waals surface area (Å²) in [7, 11) is 0. The largest absolute Gasteiger partial charge is 0.369 e. The molecule has 0 fully saturated rings. The molecule has 4 N–H and O–H groups in total. The number of rotatable bonds is 8. The number of carbonyl (C=O) groups excluding carboxylic acids is 1. The second kappa shape index (κ2) is 7.86. The van der Waals surface area contributed by atoms with Crippen LogP contribution in [0.1, 0.15) is 30.9 Å². The predicted octanol–water partition coefficient (Wildman–Crippen LogP) is 1.37. The first-order valence-electron chi connectivity index (χ1n) is 6.54. The van der Waals surface area contributed by atoms with E-state index >= 15 is 0 Å². The molecule has 0 spiro atoms. The van der Waals surface area contributed by atoms with Gasteiger partial charge in [0.15, 0.2) is 0 Å². The van der Waals surface area contributed by atoms with Gasteiger partial charge >= 0.3 is 0 Å². The molecule has 5 heteroatoms. The number of hydrogen-bond donors (Lipinski definition) is 2. The van der Waals surface area contributed by atoms with Crippen LogP contribution in [0.3, 0.4) is 0 Å². The van der Waals surface area contributed by atoms with Crippen LogP contribution in [0.5, 0.6) is 0 Å². The maximum absolute atomic E-state index is 13.7. The Kier molecular flexibility index (Phi) is 6.45. The quantitative estimate of drug-likeness (QED) is 0.747. The normalized spacial score (nSPS) is 10.9. The van der Waals surface area contributed by atoms with Crippen molar-refractivity contribution in [2.45, 2.75) is 32.9 Å². The van der Waals surface area contributed by atoms with Gasteiger partial charge in [-0.25, -0.2) is 4.39 Å². The standard InChI is InChI=1S/C14H22FN3O/c1-2-3-6-18(10-14(17)19)9-12-7-11(8-16)4-5-13(12)15/h4-5,7H,2-3,6,8-10,16H2,1H3,(H2,17,19). The second-order valence-electron chi connectivity index (χ2n) is 4.66. The van der Waals surface area contributed by atoms with E-state index in [2.05, 4.69) is 6.92 Å². The highest BCUT2D eigenvalue weighted by Crippen LogP contribution is 2.13. The Morgan fingerprint density at radius 3 is 2.74 bits per heavy atom. The molecular weight excluding hydrogens is 245 g/mol. The summed E-state index contributed by atoms with van der Waals surface area (Å²) >= 11 is 0. The highest BCUT2D eigenvalue weighted by Gasteiger charge is 2.12. The van der Waals surface area contributed by atoms with Gasteiger partial charge in [-0.1, -0.05) is 25.5 Å². The van der Waals surface area contributed by atoms with Gasteiger partial charge < -0.3 is 11.5 Å². The zero-order valence-corrected chi connectivity index (χ0v) is 11.4. The summed E-state index contributed by atoms with van der Waals surface area (Å²) in [5.74, 6) is -0.672. The number of halogens is 1. The Morgan fingerprint density at radius 2 is 2.16 bits per heavy atom. The van der Waals surface area contributed by atoms with Gasteiger partial charge in [0.2, 0.25) is 5.91 Å². The lowest BCUT2D eigenvalue weighted by molar-refractivity contribution is -0.119. The highest BCUT2D eigenvalue weighted by molar-refractivity contribution is 5.75. The molecule has 1 rings (SSSR count). The predicted molar refractivity (Wildman–Crippen MR) is 73.7 cm³/mol. The van der Waals surface area contributed by atoms with Crippen molar-refractivity contribution in [3.8, 4) is 0 Å². The zero-order chi connectivity index (χ0) is 14.3. The van der Waals surface area contributed by atoms with Gasteiger partial charge in [-0.05, 0) is 24.6 Å². The summed E-state index contributed by atoms with van der Waals surface area (Å²) in [6, 6.07) is 4.83. The molecule has 0 aliphatic rings. The van der Waals surface area contributed by atoms with Gasteiger partial charge in [-0.15, -0.1) is 0 Å². The van der Waals surface area contributed by atoms with E-state index in [0.29, 0.717) is 18.7 Å². The third-order valence-electron chi connectivity index (χ3n) is 2.95. The molecule has 4 nitrogen and oxygen atoms in total. The maximum atomic E-state index is 13.7. The van der Waals surface area contributed by atoms with E-state index in [9.17, 15) is 9.18 Å². The average Bonchev–Trinajstić information content (AvgIpc) is 2.37. The molecule has 0 aromatic heterocycles. The van der Waals surface area contributed by atoms with E-state index in [1.54, 1.807) is 12.1 Å². The Hall–Kier alpha value is -1.46. The first-order chi connectivity index (χ1) is 9.06. The Bertz CT molecular complexity index is 423. The molecule has 1 aromatic rings. The van der Waals surface area contributed by atoms with Crippen LogP contribution in [-0.4, -0.2) is 23.9 Å². The SMILES string of the molecule is CCCCN(CC(N)=O)Cc1cc(CN)ccc1F. The van der Waals surface area contributed by atoms with Gasteiger partial charge in [0, 0.05) is 18.7 Å². The average molecular weight is 267 g/mol. The van der Waals surface area contributed by atoms with E-state index in [1.807, 2.05) is 4.90 Å². The number of benzene rings is 1. The summed E-state index contributed by atoms with van der Waals surface area (Å²) in [5.41, 5.74) is 12.2. The van der Waals surface area contributed by atoms with E-state index in [-0.39, 0.29) is 12.4 Å². The molecule has 19 heavy (non-hydrogen) atoms. The van der Waals surface area contributed by atoms with Crippen LogP contribution in [-0.2, 0) is 17.9 Å². The van der Waals surface area contributed by atoms with Crippen molar-refractivity contribution in [1.29, 1.82) is 0 Å². The van der Waals surface area contributed by atoms with Crippen molar-refractivity contribution < 1.29 is 9.18 Å². The molecule has 0 saturated heterocycles. The number of carbonyl (C=O) groups is 1. The maximum Gasteiger partial charge on any atom is 0.231 e. The van der Waals surface area contributed by atoms with Crippen molar-refractivity contribution in [2.24, 2.45) is 11.5 Å². The van der Waals surface area contributed by atoms with E-state index < -0.39 is 5.91 Å². The Labute approximate surface area is 113 Å². The number of nitrogens with two attached hydrogens (primary N) is 2. The summed E-state index contributed by atoms with van der Waals surface area (Å²) in [4.78, 5) is 12.9. The topological polar surface area (TPSA) is 72.3 Å². The fourth-order valence-electron chi connectivity index (χ4n) is 1.93.